The van der Waals surface area contributed by atoms with Crippen molar-refractivity contribution in [3.05, 3.63) is 60.6 Å². The van der Waals surface area contributed by atoms with E-state index in [4.69, 9.17) is 10.8 Å². The number of rotatable bonds is 5. The summed E-state index contributed by atoms with van der Waals surface area (Å²) in [7, 11) is 1.77. The Labute approximate surface area is 207 Å². The number of hydrogen-bond acceptors (Lipinski definition) is 7. The summed E-state index contributed by atoms with van der Waals surface area (Å²) in [6, 6.07) is 12.6. The maximum Gasteiger partial charge on any atom is 0.298 e. The molecule has 0 bridgehead atoms. The van der Waals surface area contributed by atoms with Gasteiger partial charge in [-0.1, -0.05) is 24.1 Å². The third kappa shape index (κ3) is 4.22. The number of hydrogen-bond donors (Lipinski definition) is 2. The molecule has 10 nitrogen and oxygen atoms in total. The first-order valence-corrected chi connectivity index (χ1v) is 11.5. The number of pyridine rings is 1. The summed E-state index contributed by atoms with van der Waals surface area (Å²) in [5, 5.41) is 8.29. The quantitative estimate of drug-likeness (QED) is 0.420. The van der Waals surface area contributed by atoms with E-state index < -0.39 is 0 Å². The summed E-state index contributed by atoms with van der Waals surface area (Å²) in [6.07, 6.45) is 4.51. The van der Waals surface area contributed by atoms with Crippen molar-refractivity contribution < 1.29 is 9.59 Å². The molecule has 0 radical (unpaired) electrons. The second kappa shape index (κ2) is 9.46. The van der Waals surface area contributed by atoms with E-state index >= 15 is 0 Å². The van der Waals surface area contributed by atoms with E-state index in [0.29, 0.717) is 33.9 Å². The highest BCUT2D eigenvalue weighted by Gasteiger charge is 2.37. The molecule has 0 spiro atoms. The minimum atomic E-state index is -0.259. The maximum absolute atomic E-state index is 12.6. The molecule has 1 aromatic carbocycles. The van der Waals surface area contributed by atoms with Gasteiger partial charge in [0.15, 0.2) is 5.65 Å². The summed E-state index contributed by atoms with van der Waals surface area (Å²) in [4.78, 5) is 39.1. The Balaban J connectivity index is 1.40. The van der Waals surface area contributed by atoms with Crippen LogP contribution < -0.4 is 11.1 Å². The molecule has 1 aliphatic carbocycles. The Kier molecular flexibility index (Phi) is 6.04. The number of carbonyl (C=O) groups excluding carboxylic acids is 2. The second-order valence-electron chi connectivity index (χ2n) is 8.57. The average molecular weight is 481 g/mol. The van der Waals surface area contributed by atoms with Crippen LogP contribution in [0.2, 0.25) is 0 Å². The van der Waals surface area contributed by atoms with Crippen molar-refractivity contribution in [3.63, 3.8) is 0 Å². The largest absolute Gasteiger partial charge is 0.383 e. The maximum atomic E-state index is 12.6. The zero-order valence-corrected chi connectivity index (χ0v) is 19.8. The molecule has 1 aliphatic rings. The number of carbonyl (C=O) groups is 2. The van der Waals surface area contributed by atoms with Gasteiger partial charge in [0.05, 0.1) is 11.4 Å². The molecule has 180 valence electrons. The van der Waals surface area contributed by atoms with Crippen LogP contribution in [0.15, 0.2) is 55.0 Å². The molecule has 2 amide bonds. The molecule has 1 fully saturated rings. The van der Waals surface area contributed by atoms with Gasteiger partial charge in [0.25, 0.3) is 11.8 Å². The highest BCUT2D eigenvalue weighted by atomic mass is 16.2. The van der Waals surface area contributed by atoms with Gasteiger partial charge in [-0.25, -0.2) is 19.6 Å². The Bertz CT molecular complexity index is 1500. The molecule has 3 aromatic heterocycles. The van der Waals surface area contributed by atoms with E-state index in [9.17, 15) is 9.59 Å². The number of aromatic nitrogens is 5. The van der Waals surface area contributed by atoms with Crippen LogP contribution >= 0.6 is 0 Å². The SMILES string of the molecule is CC#CC(=O)N(C)[C@H]1C[C@@H](n2nc(-c3ccc(C(=O)Nc4ccccn4)cc3)c3c(N)ncnc32)C1. The van der Waals surface area contributed by atoms with Gasteiger partial charge in [-0.3, -0.25) is 9.59 Å². The summed E-state index contributed by atoms with van der Waals surface area (Å²) in [5.41, 5.74) is 8.79. The van der Waals surface area contributed by atoms with Crippen molar-refractivity contribution in [2.75, 3.05) is 18.1 Å². The standard InChI is InChI=1S/C26H24N8O2/c1-3-6-21(35)33(2)18-13-19(14-18)34-25-22(24(27)29-15-30-25)23(32-34)16-8-10-17(11-9-16)26(36)31-20-7-4-5-12-28-20/h4-5,7-12,15,18-19H,13-14H2,1-2H3,(H2,27,29,30)(H,28,31,36)/t18-,19+. The fraction of sp³-hybridized carbons (Fsp3) is 0.231. The molecule has 4 aromatic rings. The van der Waals surface area contributed by atoms with E-state index in [1.807, 2.05) is 16.8 Å². The van der Waals surface area contributed by atoms with E-state index in [0.717, 1.165) is 18.4 Å². The normalized spacial score (nSPS) is 16.5. The fourth-order valence-corrected chi connectivity index (χ4v) is 4.29. The molecule has 0 atom stereocenters. The smallest absolute Gasteiger partial charge is 0.298 e. The van der Waals surface area contributed by atoms with Crippen LogP contribution in [0.3, 0.4) is 0 Å². The molecule has 10 heteroatoms. The van der Waals surface area contributed by atoms with Crippen LogP contribution in [0.4, 0.5) is 11.6 Å². The van der Waals surface area contributed by atoms with Crippen molar-refractivity contribution in [1.82, 2.24) is 29.6 Å². The highest BCUT2D eigenvalue weighted by molar-refractivity contribution is 6.04. The van der Waals surface area contributed by atoms with E-state index in [1.165, 1.54) is 6.33 Å². The number of nitrogen functional groups attached to an aromatic ring is 1. The molecular formula is C26H24N8O2. The number of fused-ring (bicyclic) bond motifs is 1. The zero-order chi connectivity index (χ0) is 25.2. The van der Waals surface area contributed by atoms with Crippen LogP contribution in [-0.2, 0) is 4.79 Å². The van der Waals surface area contributed by atoms with E-state index in [-0.39, 0.29) is 23.9 Å². The van der Waals surface area contributed by atoms with Gasteiger partial charge in [-0.15, -0.1) is 0 Å². The Morgan fingerprint density at radius 3 is 2.58 bits per heavy atom. The predicted molar refractivity (Wildman–Crippen MR) is 136 cm³/mol. The summed E-state index contributed by atoms with van der Waals surface area (Å²) < 4.78 is 1.87. The van der Waals surface area contributed by atoms with Gasteiger partial charge in [0.2, 0.25) is 0 Å². The number of anilines is 2. The van der Waals surface area contributed by atoms with Gasteiger partial charge in [-0.2, -0.15) is 5.10 Å². The van der Waals surface area contributed by atoms with Gasteiger partial charge >= 0.3 is 0 Å². The molecule has 0 saturated heterocycles. The van der Waals surface area contributed by atoms with Gasteiger partial charge in [0, 0.05) is 30.4 Å². The van der Waals surface area contributed by atoms with Crippen molar-refractivity contribution in [1.29, 1.82) is 0 Å². The van der Waals surface area contributed by atoms with Crippen LogP contribution in [-0.4, -0.2) is 54.5 Å². The molecule has 5 rings (SSSR count). The lowest BCUT2D eigenvalue weighted by Gasteiger charge is -2.40. The lowest BCUT2D eigenvalue weighted by atomic mass is 9.85. The Morgan fingerprint density at radius 2 is 1.89 bits per heavy atom. The monoisotopic (exact) mass is 480 g/mol. The Hall–Kier alpha value is -4.78. The lowest BCUT2D eigenvalue weighted by molar-refractivity contribution is -0.128. The van der Waals surface area contributed by atoms with Gasteiger partial charge < -0.3 is 16.0 Å². The first-order chi connectivity index (χ1) is 17.5. The van der Waals surface area contributed by atoms with Crippen molar-refractivity contribution in [3.8, 4) is 23.1 Å². The first kappa shape index (κ1) is 23.0. The third-order valence-corrected chi connectivity index (χ3v) is 6.38. The fourth-order valence-electron chi connectivity index (χ4n) is 4.29. The molecule has 0 aliphatic heterocycles. The minimum Gasteiger partial charge on any atom is -0.383 e. The van der Waals surface area contributed by atoms with Crippen molar-refractivity contribution in [2.24, 2.45) is 0 Å². The lowest BCUT2D eigenvalue weighted by Crippen LogP contribution is -2.46. The average Bonchev–Trinajstić information content (AvgIpc) is 3.24. The first-order valence-electron chi connectivity index (χ1n) is 11.5. The molecule has 1 saturated carbocycles. The van der Waals surface area contributed by atoms with Crippen molar-refractivity contribution in [2.45, 2.75) is 31.8 Å². The molecular weight excluding hydrogens is 456 g/mol. The van der Waals surface area contributed by atoms with Crippen LogP contribution in [0.1, 0.15) is 36.2 Å². The number of nitrogens with one attached hydrogen (secondary N) is 1. The number of amides is 2. The summed E-state index contributed by atoms with van der Waals surface area (Å²) in [5.74, 6) is 5.60. The highest BCUT2D eigenvalue weighted by Crippen LogP contribution is 2.39. The third-order valence-electron chi connectivity index (χ3n) is 6.38. The number of nitrogens with zero attached hydrogens (tertiary/aromatic N) is 6. The molecule has 3 N–H and O–H groups in total. The number of nitrogens with two attached hydrogens (primary N) is 1. The second-order valence-corrected chi connectivity index (χ2v) is 8.57. The summed E-state index contributed by atoms with van der Waals surface area (Å²) in [6.45, 7) is 1.65. The molecule has 36 heavy (non-hydrogen) atoms. The predicted octanol–water partition coefficient (Wildman–Crippen LogP) is 2.91. The molecule has 3 heterocycles. The Morgan fingerprint density at radius 1 is 1.11 bits per heavy atom. The zero-order valence-electron chi connectivity index (χ0n) is 19.8. The topological polar surface area (TPSA) is 132 Å². The summed E-state index contributed by atoms with van der Waals surface area (Å²) >= 11 is 0. The van der Waals surface area contributed by atoms with E-state index in [2.05, 4.69) is 32.1 Å². The van der Waals surface area contributed by atoms with Gasteiger partial charge in [0.1, 0.15) is 23.7 Å². The molecule has 0 unspecified atom stereocenters. The van der Waals surface area contributed by atoms with Crippen LogP contribution in [0, 0.1) is 11.8 Å². The van der Waals surface area contributed by atoms with Crippen LogP contribution in [0.25, 0.3) is 22.3 Å². The van der Waals surface area contributed by atoms with E-state index in [1.54, 1.807) is 55.4 Å². The number of benzene rings is 1. The van der Waals surface area contributed by atoms with Crippen molar-refractivity contribution >= 4 is 34.5 Å². The van der Waals surface area contributed by atoms with Crippen LogP contribution in [0.5, 0.6) is 0 Å². The minimum absolute atomic E-state index is 0.0637. The van der Waals surface area contributed by atoms with Gasteiger partial charge in [-0.05, 0) is 50.0 Å².